The molecule has 7 heteroatoms. The van der Waals surface area contributed by atoms with Gasteiger partial charge in [0.2, 0.25) is 0 Å². The molecule has 84 valence electrons. The molecule has 0 bridgehead atoms. The Bertz CT molecular complexity index is 451. The first-order valence-corrected chi connectivity index (χ1v) is 4.52. The van der Waals surface area contributed by atoms with Gasteiger partial charge in [0, 0.05) is 6.20 Å². The summed E-state index contributed by atoms with van der Waals surface area (Å²) in [4.78, 5) is 22.1. The first-order valence-electron chi connectivity index (χ1n) is 4.52. The average molecular weight is 224 g/mol. The number of furan rings is 1. The molecular weight excluding hydrogens is 216 g/mol. The Morgan fingerprint density at radius 3 is 2.88 bits per heavy atom. The largest absolute Gasteiger partial charge is 0.447 e. The molecule has 0 spiro atoms. The van der Waals surface area contributed by atoms with Crippen molar-refractivity contribution in [1.82, 2.24) is 4.90 Å². The van der Waals surface area contributed by atoms with Crippen molar-refractivity contribution in [2.75, 3.05) is 13.2 Å². The minimum atomic E-state index is -0.624. The van der Waals surface area contributed by atoms with Crippen LogP contribution in [0, 0.1) is 10.1 Å². The van der Waals surface area contributed by atoms with Crippen molar-refractivity contribution in [1.29, 1.82) is 0 Å². The molecule has 1 amide bonds. The van der Waals surface area contributed by atoms with Gasteiger partial charge in [0.1, 0.15) is 17.3 Å². The fourth-order valence-corrected chi connectivity index (χ4v) is 1.23. The van der Waals surface area contributed by atoms with Crippen LogP contribution >= 0.6 is 0 Å². The van der Waals surface area contributed by atoms with Gasteiger partial charge in [-0.05, 0) is 12.1 Å². The maximum atomic E-state index is 11.0. The predicted octanol–water partition coefficient (Wildman–Crippen LogP) is 1.61. The Kier molecular flexibility index (Phi) is 2.59. The summed E-state index contributed by atoms with van der Waals surface area (Å²) >= 11 is 0. The van der Waals surface area contributed by atoms with Crippen LogP contribution in [-0.2, 0) is 4.74 Å². The molecule has 1 saturated heterocycles. The zero-order valence-electron chi connectivity index (χ0n) is 8.16. The smallest absolute Gasteiger partial charge is 0.433 e. The van der Waals surface area contributed by atoms with Crippen LogP contribution in [0.4, 0.5) is 10.7 Å². The second-order valence-corrected chi connectivity index (χ2v) is 3.06. The van der Waals surface area contributed by atoms with E-state index in [1.807, 2.05) is 0 Å². The van der Waals surface area contributed by atoms with Gasteiger partial charge < -0.3 is 9.15 Å². The van der Waals surface area contributed by atoms with Gasteiger partial charge in [0.15, 0.2) is 0 Å². The molecule has 2 rings (SSSR count). The lowest BCUT2D eigenvalue weighted by Gasteiger charge is -2.03. The zero-order valence-corrected chi connectivity index (χ0v) is 8.16. The lowest BCUT2D eigenvalue weighted by Crippen LogP contribution is -2.16. The van der Waals surface area contributed by atoms with Crippen molar-refractivity contribution in [3.05, 3.63) is 34.2 Å². The van der Waals surface area contributed by atoms with Gasteiger partial charge in [-0.3, -0.25) is 15.0 Å². The van der Waals surface area contributed by atoms with E-state index in [9.17, 15) is 14.9 Å². The summed E-state index contributed by atoms with van der Waals surface area (Å²) in [5.41, 5.74) is 0. The molecule has 1 aromatic heterocycles. The Hall–Kier alpha value is -2.31. The third-order valence-corrected chi connectivity index (χ3v) is 2.00. The molecule has 1 fully saturated rings. The number of rotatable bonds is 3. The number of nitrogens with zero attached hydrogens (tertiary/aromatic N) is 2. The van der Waals surface area contributed by atoms with Gasteiger partial charge in [0.05, 0.1) is 12.6 Å². The number of ether oxygens (including phenoxy) is 1. The minimum absolute atomic E-state index is 0.311. The Labute approximate surface area is 90.0 Å². The van der Waals surface area contributed by atoms with Crippen molar-refractivity contribution in [2.24, 2.45) is 0 Å². The van der Waals surface area contributed by atoms with Crippen molar-refractivity contribution >= 4 is 18.1 Å². The third-order valence-electron chi connectivity index (χ3n) is 2.00. The van der Waals surface area contributed by atoms with E-state index in [1.165, 1.54) is 29.3 Å². The zero-order chi connectivity index (χ0) is 11.5. The van der Waals surface area contributed by atoms with Crippen LogP contribution in [0.2, 0.25) is 0 Å². The highest BCUT2D eigenvalue weighted by Crippen LogP contribution is 2.17. The predicted molar refractivity (Wildman–Crippen MR) is 52.5 cm³/mol. The summed E-state index contributed by atoms with van der Waals surface area (Å²) in [5, 5.41) is 10.3. The number of amides is 1. The van der Waals surface area contributed by atoms with Crippen LogP contribution in [0.5, 0.6) is 0 Å². The standard InChI is InChI=1S/C9H8N2O5/c12-9-10(5-6-15-9)4-3-7-1-2-8(16-7)11(13)14/h1-4H,5-6H2. The highest BCUT2D eigenvalue weighted by Gasteiger charge is 2.19. The molecule has 1 aliphatic rings. The average Bonchev–Trinajstić information content (AvgIpc) is 2.83. The molecule has 0 aliphatic carbocycles. The minimum Gasteiger partial charge on any atom is -0.447 e. The molecule has 0 aromatic carbocycles. The lowest BCUT2D eigenvalue weighted by molar-refractivity contribution is -0.402. The first kappa shape index (κ1) is 10.2. The molecule has 0 N–H and O–H groups in total. The summed E-state index contributed by atoms with van der Waals surface area (Å²) in [6.07, 6.45) is 2.51. The summed E-state index contributed by atoms with van der Waals surface area (Å²) < 4.78 is 9.57. The molecular formula is C9H8N2O5. The fraction of sp³-hybridized carbons (Fsp3) is 0.222. The Morgan fingerprint density at radius 1 is 1.50 bits per heavy atom. The molecule has 2 heterocycles. The topological polar surface area (TPSA) is 85.8 Å². The van der Waals surface area contributed by atoms with Crippen LogP contribution < -0.4 is 0 Å². The van der Waals surface area contributed by atoms with E-state index in [2.05, 4.69) is 0 Å². The second-order valence-electron chi connectivity index (χ2n) is 3.06. The van der Waals surface area contributed by atoms with Crippen LogP contribution in [0.3, 0.4) is 0 Å². The van der Waals surface area contributed by atoms with E-state index in [4.69, 9.17) is 9.15 Å². The van der Waals surface area contributed by atoms with Gasteiger partial charge in [-0.2, -0.15) is 0 Å². The Balaban J connectivity index is 2.05. The van der Waals surface area contributed by atoms with E-state index in [0.29, 0.717) is 18.9 Å². The van der Waals surface area contributed by atoms with Gasteiger partial charge in [-0.25, -0.2) is 4.79 Å². The van der Waals surface area contributed by atoms with E-state index in [1.54, 1.807) is 0 Å². The highest BCUT2D eigenvalue weighted by molar-refractivity contribution is 5.71. The number of hydrogen-bond donors (Lipinski definition) is 0. The summed E-state index contributed by atoms with van der Waals surface area (Å²) in [7, 11) is 0. The van der Waals surface area contributed by atoms with Crippen molar-refractivity contribution in [3.8, 4) is 0 Å². The maximum absolute atomic E-state index is 11.0. The maximum Gasteiger partial charge on any atom is 0.433 e. The SMILES string of the molecule is O=C1OCCN1C=Cc1ccc([N+](=O)[O-])o1. The summed E-state index contributed by atoms with van der Waals surface area (Å²) in [5.74, 6) is -0.0185. The van der Waals surface area contributed by atoms with E-state index in [0.717, 1.165) is 0 Å². The summed E-state index contributed by atoms with van der Waals surface area (Å²) in [6, 6.07) is 2.71. The van der Waals surface area contributed by atoms with E-state index >= 15 is 0 Å². The monoisotopic (exact) mass is 224 g/mol. The molecule has 0 unspecified atom stereocenters. The van der Waals surface area contributed by atoms with E-state index in [-0.39, 0.29) is 5.88 Å². The van der Waals surface area contributed by atoms with Crippen molar-refractivity contribution in [2.45, 2.75) is 0 Å². The van der Waals surface area contributed by atoms with Crippen LogP contribution in [0.25, 0.3) is 6.08 Å². The van der Waals surface area contributed by atoms with Gasteiger partial charge in [0.25, 0.3) is 0 Å². The number of hydrogen-bond acceptors (Lipinski definition) is 5. The molecule has 7 nitrogen and oxygen atoms in total. The first-order chi connectivity index (χ1) is 7.66. The summed E-state index contributed by atoms with van der Waals surface area (Å²) in [6.45, 7) is 0.819. The normalized spacial score (nSPS) is 15.8. The van der Waals surface area contributed by atoms with Crippen LogP contribution in [-0.4, -0.2) is 29.1 Å². The van der Waals surface area contributed by atoms with Crippen molar-refractivity contribution < 1.29 is 18.9 Å². The number of nitro groups is 1. The molecule has 0 saturated carbocycles. The molecule has 1 aromatic rings. The number of cyclic esters (lactones) is 1. The lowest BCUT2D eigenvalue weighted by atomic mass is 10.4. The van der Waals surface area contributed by atoms with Gasteiger partial charge >= 0.3 is 12.0 Å². The van der Waals surface area contributed by atoms with Crippen LogP contribution in [0.1, 0.15) is 5.76 Å². The molecule has 0 atom stereocenters. The van der Waals surface area contributed by atoms with Crippen molar-refractivity contribution in [3.63, 3.8) is 0 Å². The fourth-order valence-electron chi connectivity index (χ4n) is 1.23. The number of carbonyl (C=O) groups excluding carboxylic acids is 1. The molecule has 1 aliphatic heterocycles. The number of carbonyl (C=O) groups is 1. The molecule has 0 radical (unpaired) electrons. The third kappa shape index (κ3) is 2.02. The highest BCUT2D eigenvalue weighted by atomic mass is 16.6. The van der Waals surface area contributed by atoms with E-state index < -0.39 is 11.0 Å². The van der Waals surface area contributed by atoms with Gasteiger partial charge in [-0.15, -0.1) is 0 Å². The second kappa shape index (κ2) is 4.05. The van der Waals surface area contributed by atoms with Gasteiger partial charge in [-0.1, -0.05) is 0 Å². The quantitative estimate of drug-likeness (QED) is 0.575. The Morgan fingerprint density at radius 2 is 2.31 bits per heavy atom. The molecule has 16 heavy (non-hydrogen) atoms. The van der Waals surface area contributed by atoms with Crippen LogP contribution in [0.15, 0.2) is 22.7 Å².